The van der Waals surface area contributed by atoms with Crippen LogP contribution in [0.2, 0.25) is 0 Å². The zero-order valence-corrected chi connectivity index (χ0v) is 12.6. The summed E-state index contributed by atoms with van der Waals surface area (Å²) >= 11 is 6.38. The van der Waals surface area contributed by atoms with E-state index in [-0.39, 0.29) is 17.5 Å². The average Bonchev–Trinajstić information content (AvgIpc) is 2.37. The number of aliphatic hydroxyl groups excluding tert-OH is 1. The van der Waals surface area contributed by atoms with Crippen LogP contribution in [0.3, 0.4) is 0 Å². The van der Waals surface area contributed by atoms with E-state index >= 15 is 0 Å². The molecule has 1 rings (SSSR count). The Bertz CT molecular complexity index is 459. The number of benzene rings is 1. The van der Waals surface area contributed by atoms with Crippen molar-refractivity contribution in [3.05, 3.63) is 34.9 Å². The summed E-state index contributed by atoms with van der Waals surface area (Å²) in [5.74, 6) is -1.25. The van der Waals surface area contributed by atoms with Gasteiger partial charge in [-0.2, -0.15) is 0 Å². The SMILES string of the molecule is O=C(CBr)Cc1ccc(C(O)C(=O)O)cc1CBr. The minimum Gasteiger partial charge on any atom is -0.479 e. The van der Waals surface area contributed by atoms with E-state index in [4.69, 9.17) is 5.11 Å². The van der Waals surface area contributed by atoms with E-state index in [2.05, 4.69) is 31.9 Å². The Hall–Kier alpha value is -0.720. The third-order valence-corrected chi connectivity index (χ3v) is 3.69. The number of aliphatic hydroxyl groups is 1. The Morgan fingerprint density at radius 3 is 2.39 bits per heavy atom. The molecule has 0 radical (unpaired) electrons. The van der Waals surface area contributed by atoms with Crippen LogP contribution in [-0.2, 0) is 21.3 Å². The minimum absolute atomic E-state index is 0.0451. The molecule has 0 aromatic heterocycles. The Kier molecular flexibility index (Phi) is 5.98. The number of carboxylic acid groups (broad SMARTS) is 1. The third kappa shape index (κ3) is 3.90. The number of carboxylic acids is 1. The number of hydrogen-bond donors (Lipinski definition) is 2. The van der Waals surface area contributed by atoms with Gasteiger partial charge in [-0.05, 0) is 16.7 Å². The van der Waals surface area contributed by atoms with Gasteiger partial charge in [0.1, 0.15) is 5.78 Å². The van der Waals surface area contributed by atoms with Crippen molar-refractivity contribution in [2.24, 2.45) is 0 Å². The predicted molar refractivity (Wildman–Crippen MR) is 74.2 cm³/mol. The molecule has 0 aliphatic rings. The predicted octanol–water partition coefficient (Wildman–Crippen LogP) is 2.21. The summed E-state index contributed by atoms with van der Waals surface area (Å²) in [5.41, 5.74) is 1.95. The zero-order valence-electron chi connectivity index (χ0n) is 9.40. The fourth-order valence-electron chi connectivity index (χ4n) is 1.52. The summed E-state index contributed by atoms with van der Waals surface area (Å²) in [5, 5.41) is 19.0. The summed E-state index contributed by atoms with van der Waals surface area (Å²) in [7, 11) is 0. The fraction of sp³-hybridized carbons (Fsp3) is 0.333. The third-order valence-electron chi connectivity index (χ3n) is 2.46. The lowest BCUT2D eigenvalue weighted by Gasteiger charge is -2.11. The topological polar surface area (TPSA) is 74.6 Å². The maximum Gasteiger partial charge on any atom is 0.337 e. The summed E-state index contributed by atoms with van der Waals surface area (Å²) in [6, 6.07) is 4.81. The Balaban J connectivity index is 3.03. The van der Waals surface area contributed by atoms with Crippen molar-refractivity contribution in [3.8, 4) is 0 Å². The number of carbonyl (C=O) groups excluding carboxylic acids is 1. The molecule has 1 aromatic carbocycles. The molecule has 18 heavy (non-hydrogen) atoms. The first-order chi connectivity index (χ1) is 8.49. The van der Waals surface area contributed by atoms with Crippen LogP contribution in [-0.4, -0.2) is 27.3 Å². The van der Waals surface area contributed by atoms with Crippen molar-refractivity contribution >= 4 is 43.6 Å². The van der Waals surface area contributed by atoms with Gasteiger partial charge < -0.3 is 10.2 Å². The molecule has 2 N–H and O–H groups in total. The first-order valence-electron chi connectivity index (χ1n) is 5.15. The van der Waals surface area contributed by atoms with Gasteiger partial charge in [-0.1, -0.05) is 50.1 Å². The van der Waals surface area contributed by atoms with Gasteiger partial charge in [0.15, 0.2) is 6.10 Å². The van der Waals surface area contributed by atoms with Crippen LogP contribution < -0.4 is 0 Å². The quantitative estimate of drug-likeness (QED) is 0.743. The highest BCUT2D eigenvalue weighted by molar-refractivity contribution is 9.09. The molecule has 6 heteroatoms. The van der Waals surface area contributed by atoms with Gasteiger partial charge in [-0.3, -0.25) is 4.79 Å². The average molecular weight is 380 g/mol. The lowest BCUT2D eigenvalue weighted by Crippen LogP contribution is -2.12. The van der Waals surface area contributed by atoms with E-state index in [9.17, 15) is 14.7 Å². The maximum absolute atomic E-state index is 11.4. The Morgan fingerprint density at radius 1 is 1.22 bits per heavy atom. The number of hydrogen-bond acceptors (Lipinski definition) is 3. The van der Waals surface area contributed by atoms with Crippen LogP contribution >= 0.6 is 31.9 Å². The van der Waals surface area contributed by atoms with E-state index < -0.39 is 12.1 Å². The van der Waals surface area contributed by atoms with Crippen molar-refractivity contribution in [3.63, 3.8) is 0 Å². The minimum atomic E-state index is -1.54. The van der Waals surface area contributed by atoms with Crippen molar-refractivity contribution in [2.45, 2.75) is 17.9 Å². The van der Waals surface area contributed by atoms with E-state index in [1.54, 1.807) is 12.1 Å². The summed E-state index contributed by atoms with van der Waals surface area (Å²) in [6.07, 6.45) is -1.25. The molecular weight excluding hydrogens is 368 g/mol. The van der Waals surface area contributed by atoms with Crippen molar-refractivity contribution in [1.82, 2.24) is 0 Å². The monoisotopic (exact) mass is 378 g/mol. The molecule has 0 saturated carbocycles. The Morgan fingerprint density at radius 2 is 1.89 bits per heavy atom. The molecule has 1 unspecified atom stereocenters. The highest BCUT2D eigenvalue weighted by atomic mass is 79.9. The normalized spacial score (nSPS) is 12.2. The second-order valence-corrected chi connectivity index (χ2v) is 4.87. The summed E-state index contributed by atoms with van der Waals surface area (Å²) in [4.78, 5) is 22.1. The van der Waals surface area contributed by atoms with Gasteiger partial charge in [0, 0.05) is 11.8 Å². The number of alkyl halides is 2. The van der Waals surface area contributed by atoms with Crippen molar-refractivity contribution in [2.75, 3.05) is 5.33 Å². The highest BCUT2D eigenvalue weighted by Gasteiger charge is 2.17. The van der Waals surface area contributed by atoms with Crippen LogP contribution in [0, 0.1) is 0 Å². The zero-order chi connectivity index (χ0) is 13.7. The highest BCUT2D eigenvalue weighted by Crippen LogP contribution is 2.21. The van der Waals surface area contributed by atoms with Gasteiger partial charge >= 0.3 is 5.97 Å². The van der Waals surface area contributed by atoms with E-state index in [0.29, 0.717) is 10.9 Å². The second kappa shape index (κ2) is 7.01. The molecule has 0 fully saturated rings. The van der Waals surface area contributed by atoms with Gasteiger partial charge in [-0.25, -0.2) is 4.79 Å². The largest absolute Gasteiger partial charge is 0.479 e. The van der Waals surface area contributed by atoms with E-state index in [1.165, 1.54) is 6.07 Å². The van der Waals surface area contributed by atoms with Gasteiger partial charge in [0.2, 0.25) is 0 Å². The van der Waals surface area contributed by atoms with Crippen LogP contribution in [0.4, 0.5) is 0 Å². The molecule has 0 amide bonds. The number of ketones is 1. The fourth-order valence-corrected chi connectivity index (χ4v) is 2.24. The van der Waals surface area contributed by atoms with Crippen LogP contribution in [0.25, 0.3) is 0 Å². The first kappa shape index (κ1) is 15.3. The van der Waals surface area contributed by atoms with Crippen molar-refractivity contribution in [1.29, 1.82) is 0 Å². The first-order valence-corrected chi connectivity index (χ1v) is 7.40. The summed E-state index contributed by atoms with van der Waals surface area (Å²) < 4.78 is 0. The van der Waals surface area contributed by atoms with Crippen molar-refractivity contribution < 1.29 is 19.8 Å². The molecule has 1 aromatic rings. The maximum atomic E-state index is 11.4. The number of rotatable bonds is 6. The smallest absolute Gasteiger partial charge is 0.337 e. The molecular formula is C12H12Br2O4. The van der Waals surface area contributed by atoms with E-state index in [0.717, 1.165) is 11.1 Å². The van der Waals surface area contributed by atoms with Crippen LogP contribution in [0.5, 0.6) is 0 Å². The lowest BCUT2D eigenvalue weighted by atomic mass is 9.99. The molecule has 4 nitrogen and oxygen atoms in total. The number of aliphatic carboxylic acids is 1. The number of carbonyl (C=O) groups is 2. The van der Waals surface area contributed by atoms with Gasteiger partial charge in [0.25, 0.3) is 0 Å². The molecule has 0 saturated heterocycles. The molecule has 0 aliphatic carbocycles. The molecule has 0 bridgehead atoms. The molecule has 0 spiro atoms. The number of halogens is 2. The Labute approximate surface area is 121 Å². The molecule has 0 aliphatic heterocycles. The lowest BCUT2D eigenvalue weighted by molar-refractivity contribution is -0.147. The van der Waals surface area contributed by atoms with E-state index in [1.807, 2.05) is 0 Å². The molecule has 0 heterocycles. The molecule has 98 valence electrons. The van der Waals surface area contributed by atoms with Gasteiger partial charge in [0.05, 0.1) is 5.33 Å². The standard InChI is InChI=1S/C12H12Br2O4/c13-5-9-3-8(11(16)12(17)18)2-1-7(9)4-10(15)6-14/h1-3,11,16H,4-6H2,(H,17,18). The number of Topliss-reactive ketones (excluding diaryl/α,β-unsaturated/α-hetero) is 1. The molecule has 1 atom stereocenters. The summed E-state index contributed by atoms with van der Waals surface area (Å²) in [6.45, 7) is 0. The van der Waals surface area contributed by atoms with Crippen LogP contribution in [0.15, 0.2) is 18.2 Å². The second-order valence-electron chi connectivity index (χ2n) is 3.75. The van der Waals surface area contributed by atoms with Gasteiger partial charge in [-0.15, -0.1) is 0 Å². The van der Waals surface area contributed by atoms with Crippen LogP contribution in [0.1, 0.15) is 22.8 Å².